The van der Waals surface area contributed by atoms with Crippen molar-refractivity contribution in [3.8, 4) is 0 Å². The smallest absolute Gasteiger partial charge is 0.230 e. The zero-order valence-corrected chi connectivity index (χ0v) is 6.41. The van der Waals surface area contributed by atoms with E-state index in [0.29, 0.717) is 31.4 Å². The maximum atomic E-state index is 5.26. The highest BCUT2D eigenvalue weighted by Crippen LogP contribution is 1.98. The van der Waals surface area contributed by atoms with Gasteiger partial charge >= 0.3 is 0 Å². The summed E-state index contributed by atoms with van der Waals surface area (Å²) in [6.45, 7) is 0.881. The molecule has 0 aliphatic carbocycles. The Hall–Kier alpha value is -0.940. The quantitative estimate of drug-likeness (QED) is 0.650. The standard InChI is InChI=1S/C6H11N3O2/c1-10-3-2-5-8-9-6(4-7)11-5/h2-4,7H2,1H3. The summed E-state index contributed by atoms with van der Waals surface area (Å²) in [4.78, 5) is 0. The van der Waals surface area contributed by atoms with E-state index >= 15 is 0 Å². The Bertz CT molecular complexity index is 211. The molecule has 0 bridgehead atoms. The van der Waals surface area contributed by atoms with Gasteiger partial charge in [-0.1, -0.05) is 0 Å². The lowest BCUT2D eigenvalue weighted by Gasteiger charge is -1.90. The number of hydrogen-bond donors (Lipinski definition) is 1. The van der Waals surface area contributed by atoms with Crippen molar-refractivity contribution in [1.82, 2.24) is 10.2 Å². The number of rotatable bonds is 4. The lowest BCUT2D eigenvalue weighted by Crippen LogP contribution is -1.95. The van der Waals surface area contributed by atoms with Crippen molar-refractivity contribution in [2.45, 2.75) is 13.0 Å². The molecule has 11 heavy (non-hydrogen) atoms. The summed E-state index contributed by atoms with van der Waals surface area (Å²) >= 11 is 0. The van der Waals surface area contributed by atoms with Gasteiger partial charge < -0.3 is 14.9 Å². The van der Waals surface area contributed by atoms with Crippen LogP contribution in [0.1, 0.15) is 11.8 Å². The van der Waals surface area contributed by atoms with Gasteiger partial charge in [-0.05, 0) is 0 Å². The van der Waals surface area contributed by atoms with Crippen LogP contribution < -0.4 is 5.73 Å². The molecular formula is C6H11N3O2. The molecule has 1 heterocycles. The van der Waals surface area contributed by atoms with Gasteiger partial charge in [-0.2, -0.15) is 0 Å². The highest BCUT2D eigenvalue weighted by atomic mass is 16.5. The Balaban J connectivity index is 2.44. The van der Waals surface area contributed by atoms with Gasteiger partial charge in [0.05, 0.1) is 13.2 Å². The van der Waals surface area contributed by atoms with E-state index in [-0.39, 0.29) is 0 Å². The molecule has 0 saturated carbocycles. The highest BCUT2D eigenvalue weighted by molar-refractivity contribution is 4.80. The predicted molar refractivity (Wildman–Crippen MR) is 37.8 cm³/mol. The van der Waals surface area contributed by atoms with Crippen LogP contribution in [0.15, 0.2) is 4.42 Å². The molecule has 0 unspecified atom stereocenters. The van der Waals surface area contributed by atoms with Crippen LogP contribution in [-0.4, -0.2) is 23.9 Å². The number of nitrogens with two attached hydrogens (primary N) is 1. The number of nitrogens with zero attached hydrogens (tertiary/aromatic N) is 2. The Kier molecular flexibility index (Phi) is 3.00. The second-order valence-corrected chi connectivity index (χ2v) is 2.04. The van der Waals surface area contributed by atoms with Gasteiger partial charge in [0.1, 0.15) is 0 Å². The minimum absolute atomic E-state index is 0.292. The third-order valence-corrected chi connectivity index (χ3v) is 1.20. The molecule has 1 aromatic heterocycles. The molecule has 0 aliphatic rings. The Labute approximate surface area is 64.5 Å². The number of aromatic nitrogens is 2. The first-order valence-corrected chi connectivity index (χ1v) is 3.37. The SMILES string of the molecule is COCCc1nnc(CN)o1. The first kappa shape index (κ1) is 8.16. The van der Waals surface area contributed by atoms with Crippen LogP contribution >= 0.6 is 0 Å². The average Bonchev–Trinajstić information content (AvgIpc) is 2.48. The molecule has 0 fully saturated rings. The van der Waals surface area contributed by atoms with Crippen LogP contribution in [-0.2, 0) is 17.7 Å². The van der Waals surface area contributed by atoms with E-state index in [2.05, 4.69) is 10.2 Å². The lowest BCUT2D eigenvalue weighted by molar-refractivity contribution is 0.194. The van der Waals surface area contributed by atoms with Crippen LogP contribution in [0.5, 0.6) is 0 Å². The number of hydrogen-bond acceptors (Lipinski definition) is 5. The molecule has 0 aromatic carbocycles. The molecule has 0 spiro atoms. The van der Waals surface area contributed by atoms with Crippen molar-refractivity contribution in [2.24, 2.45) is 5.73 Å². The molecule has 5 nitrogen and oxygen atoms in total. The second-order valence-electron chi connectivity index (χ2n) is 2.04. The number of methoxy groups -OCH3 is 1. The van der Waals surface area contributed by atoms with Crippen LogP contribution in [0.25, 0.3) is 0 Å². The van der Waals surface area contributed by atoms with Gasteiger partial charge in [0, 0.05) is 13.5 Å². The first-order chi connectivity index (χ1) is 5.36. The third kappa shape index (κ3) is 2.28. The zero-order chi connectivity index (χ0) is 8.10. The van der Waals surface area contributed by atoms with Gasteiger partial charge in [0.25, 0.3) is 0 Å². The molecule has 0 amide bonds. The van der Waals surface area contributed by atoms with E-state index in [4.69, 9.17) is 14.9 Å². The third-order valence-electron chi connectivity index (χ3n) is 1.20. The van der Waals surface area contributed by atoms with Crippen LogP contribution in [0, 0.1) is 0 Å². The van der Waals surface area contributed by atoms with Gasteiger partial charge in [0.2, 0.25) is 11.8 Å². The van der Waals surface area contributed by atoms with E-state index in [1.807, 2.05) is 0 Å². The predicted octanol–water partition coefficient (Wildman–Crippen LogP) is -0.283. The van der Waals surface area contributed by atoms with E-state index in [1.165, 1.54) is 0 Å². The summed E-state index contributed by atoms with van der Waals surface area (Å²) < 4.78 is 9.94. The molecule has 1 rings (SSSR count). The number of ether oxygens (including phenoxy) is 1. The molecule has 0 aliphatic heterocycles. The van der Waals surface area contributed by atoms with Crippen molar-refractivity contribution < 1.29 is 9.15 Å². The van der Waals surface area contributed by atoms with Crippen LogP contribution in [0.2, 0.25) is 0 Å². The molecular weight excluding hydrogens is 146 g/mol. The molecule has 0 radical (unpaired) electrons. The maximum absolute atomic E-state index is 5.26. The summed E-state index contributed by atoms with van der Waals surface area (Å²) in [6.07, 6.45) is 0.642. The van der Waals surface area contributed by atoms with Crippen molar-refractivity contribution >= 4 is 0 Å². The van der Waals surface area contributed by atoms with Crippen molar-refractivity contribution in [2.75, 3.05) is 13.7 Å². The summed E-state index contributed by atoms with van der Waals surface area (Å²) in [6, 6.07) is 0. The van der Waals surface area contributed by atoms with Crippen LogP contribution in [0.3, 0.4) is 0 Å². The fraction of sp³-hybridized carbons (Fsp3) is 0.667. The lowest BCUT2D eigenvalue weighted by atomic mass is 10.5. The van der Waals surface area contributed by atoms with E-state index in [9.17, 15) is 0 Å². The minimum Gasteiger partial charge on any atom is -0.424 e. The second kappa shape index (κ2) is 4.05. The Morgan fingerprint density at radius 3 is 2.73 bits per heavy atom. The van der Waals surface area contributed by atoms with Crippen LogP contribution in [0.4, 0.5) is 0 Å². The molecule has 62 valence electrons. The molecule has 2 N–H and O–H groups in total. The fourth-order valence-electron chi connectivity index (χ4n) is 0.661. The zero-order valence-electron chi connectivity index (χ0n) is 6.41. The van der Waals surface area contributed by atoms with Gasteiger partial charge in [-0.15, -0.1) is 10.2 Å². The maximum Gasteiger partial charge on any atom is 0.230 e. The summed E-state index contributed by atoms with van der Waals surface area (Å²) in [5, 5.41) is 7.44. The molecule has 1 aromatic rings. The Morgan fingerprint density at radius 2 is 2.18 bits per heavy atom. The summed E-state index contributed by atoms with van der Waals surface area (Å²) in [7, 11) is 1.63. The van der Waals surface area contributed by atoms with Crippen molar-refractivity contribution in [3.63, 3.8) is 0 Å². The molecule has 0 saturated heterocycles. The first-order valence-electron chi connectivity index (χ1n) is 3.37. The average molecular weight is 157 g/mol. The normalized spacial score (nSPS) is 10.4. The van der Waals surface area contributed by atoms with Crippen molar-refractivity contribution in [3.05, 3.63) is 11.8 Å². The van der Waals surface area contributed by atoms with Gasteiger partial charge in [-0.25, -0.2) is 0 Å². The summed E-state index contributed by atoms with van der Waals surface area (Å²) in [5.74, 6) is 1.04. The summed E-state index contributed by atoms with van der Waals surface area (Å²) in [5.41, 5.74) is 5.26. The monoisotopic (exact) mass is 157 g/mol. The highest BCUT2D eigenvalue weighted by Gasteiger charge is 2.02. The molecule has 0 atom stereocenters. The largest absolute Gasteiger partial charge is 0.424 e. The topological polar surface area (TPSA) is 74.2 Å². The molecule has 5 heteroatoms. The van der Waals surface area contributed by atoms with Gasteiger partial charge in [-0.3, -0.25) is 0 Å². The minimum atomic E-state index is 0.292. The van der Waals surface area contributed by atoms with E-state index in [0.717, 1.165) is 0 Å². The van der Waals surface area contributed by atoms with Gasteiger partial charge in [0.15, 0.2) is 0 Å². The van der Waals surface area contributed by atoms with E-state index < -0.39 is 0 Å². The van der Waals surface area contributed by atoms with E-state index in [1.54, 1.807) is 7.11 Å². The fourth-order valence-corrected chi connectivity index (χ4v) is 0.661. The Morgan fingerprint density at radius 1 is 1.45 bits per heavy atom. The van der Waals surface area contributed by atoms with Crippen molar-refractivity contribution in [1.29, 1.82) is 0 Å².